The zero-order valence-electron chi connectivity index (χ0n) is 15.8. The van der Waals surface area contributed by atoms with Crippen molar-refractivity contribution in [3.63, 3.8) is 0 Å². The van der Waals surface area contributed by atoms with E-state index in [4.69, 9.17) is 14.2 Å². The second-order valence-corrected chi connectivity index (χ2v) is 6.09. The Morgan fingerprint density at radius 2 is 1.50 bits per heavy atom. The van der Waals surface area contributed by atoms with Crippen molar-refractivity contribution in [2.24, 2.45) is 0 Å². The van der Waals surface area contributed by atoms with Crippen LogP contribution < -0.4 is 14.2 Å². The minimum Gasteiger partial charge on any atom is -0.507 e. The lowest BCUT2D eigenvalue weighted by Gasteiger charge is -2.14. The number of rotatable bonds is 8. The third-order valence-corrected chi connectivity index (χ3v) is 4.06. The summed E-state index contributed by atoms with van der Waals surface area (Å²) < 4.78 is 16.0. The van der Waals surface area contributed by atoms with Gasteiger partial charge >= 0.3 is 5.97 Å². The third kappa shape index (κ3) is 4.69. The van der Waals surface area contributed by atoms with Gasteiger partial charge in [-0.3, -0.25) is 0 Å². The highest BCUT2D eigenvalue weighted by Gasteiger charge is 2.20. The van der Waals surface area contributed by atoms with Gasteiger partial charge in [-0.05, 0) is 42.2 Å². The van der Waals surface area contributed by atoms with Crippen LogP contribution in [0.25, 0.3) is 0 Å². The lowest BCUT2D eigenvalue weighted by atomic mass is 10.0. The van der Waals surface area contributed by atoms with Crippen LogP contribution >= 0.6 is 0 Å². The fourth-order valence-corrected chi connectivity index (χ4v) is 2.88. The Morgan fingerprint density at radius 3 is 2.12 bits per heavy atom. The molecule has 0 amide bonds. The SMILES string of the molecule is CCCc1cc(OC)cc(OC(=O)c2c(O)cc(OC)cc2CCC)c1. The molecule has 0 spiro atoms. The molecule has 0 aliphatic heterocycles. The van der Waals surface area contributed by atoms with Crippen LogP contribution in [-0.2, 0) is 12.8 Å². The molecule has 140 valence electrons. The van der Waals surface area contributed by atoms with E-state index in [1.54, 1.807) is 19.2 Å². The van der Waals surface area contributed by atoms with Crippen molar-refractivity contribution < 1.29 is 24.1 Å². The number of hydrogen-bond donors (Lipinski definition) is 1. The Labute approximate surface area is 154 Å². The Balaban J connectivity index is 2.36. The lowest BCUT2D eigenvalue weighted by Crippen LogP contribution is -2.12. The molecular formula is C21H26O5. The molecule has 0 aromatic heterocycles. The molecular weight excluding hydrogens is 332 g/mol. The summed E-state index contributed by atoms with van der Waals surface area (Å²) >= 11 is 0. The Bertz CT molecular complexity index is 767. The van der Waals surface area contributed by atoms with Gasteiger partial charge in [0.25, 0.3) is 0 Å². The molecule has 0 heterocycles. The molecule has 0 aliphatic rings. The van der Waals surface area contributed by atoms with Gasteiger partial charge in [-0.2, -0.15) is 0 Å². The number of benzene rings is 2. The van der Waals surface area contributed by atoms with Crippen molar-refractivity contribution in [2.75, 3.05) is 14.2 Å². The van der Waals surface area contributed by atoms with E-state index in [1.165, 1.54) is 13.2 Å². The van der Waals surface area contributed by atoms with Crippen molar-refractivity contribution in [1.82, 2.24) is 0 Å². The highest BCUT2D eigenvalue weighted by molar-refractivity contribution is 5.96. The zero-order valence-corrected chi connectivity index (χ0v) is 15.8. The second kappa shape index (κ2) is 9.13. The molecule has 0 unspecified atom stereocenters. The Morgan fingerprint density at radius 1 is 0.885 bits per heavy atom. The van der Waals surface area contributed by atoms with Crippen molar-refractivity contribution in [3.05, 3.63) is 47.0 Å². The van der Waals surface area contributed by atoms with E-state index >= 15 is 0 Å². The smallest absolute Gasteiger partial charge is 0.347 e. The zero-order chi connectivity index (χ0) is 19.1. The van der Waals surface area contributed by atoms with E-state index in [9.17, 15) is 9.90 Å². The second-order valence-electron chi connectivity index (χ2n) is 6.09. The van der Waals surface area contributed by atoms with Crippen LogP contribution in [0.1, 0.15) is 48.2 Å². The summed E-state index contributed by atoms with van der Waals surface area (Å²) in [7, 11) is 3.10. The molecule has 5 heteroatoms. The number of hydrogen-bond acceptors (Lipinski definition) is 5. The highest BCUT2D eigenvalue weighted by atomic mass is 16.5. The third-order valence-electron chi connectivity index (χ3n) is 4.06. The summed E-state index contributed by atoms with van der Waals surface area (Å²) in [6, 6.07) is 8.59. The van der Waals surface area contributed by atoms with E-state index in [2.05, 4.69) is 6.92 Å². The van der Waals surface area contributed by atoms with E-state index in [-0.39, 0.29) is 11.3 Å². The minimum absolute atomic E-state index is 0.144. The first-order valence-corrected chi connectivity index (χ1v) is 8.82. The average molecular weight is 358 g/mol. The maximum atomic E-state index is 12.7. The van der Waals surface area contributed by atoms with Crippen molar-refractivity contribution >= 4 is 5.97 Å². The topological polar surface area (TPSA) is 65.0 Å². The molecule has 0 fully saturated rings. The van der Waals surface area contributed by atoms with E-state index in [0.717, 1.165) is 24.8 Å². The first kappa shape index (κ1) is 19.6. The van der Waals surface area contributed by atoms with E-state index < -0.39 is 5.97 Å². The van der Waals surface area contributed by atoms with Gasteiger partial charge in [0, 0.05) is 12.1 Å². The number of phenolic OH excluding ortho intramolecular Hbond substituents is 1. The molecule has 1 N–H and O–H groups in total. The molecule has 26 heavy (non-hydrogen) atoms. The van der Waals surface area contributed by atoms with Gasteiger partial charge in [0.05, 0.1) is 14.2 Å². The number of aromatic hydroxyl groups is 1. The minimum atomic E-state index is -0.593. The van der Waals surface area contributed by atoms with Crippen LogP contribution in [-0.4, -0.2) is 25.3 Å². The molecule has 0 saturated heterocycles. The standard InChI is InChI=1S/C21H26O5/c1-5-7-14-9-16(24-3)12-18(10-14)26-21(23)20-15(8-6-2)11-17(25-4)13-19(20)22/h9-13,22H,5-8H2,1-4H3. The van der Waals surface area contributed by atoms with E-state index in [1.807, 2.05) is 19.1 Å². The van der Waals surface area contributed by atoms with Gasteiger partial charge < -0.3 is 19.3 Å². The van der Waals surface area contributed by atoms with Gasteiger partial charge in [-0.25, -0.2) is 4.79 Å². The van der Waals surface area contributed by atoms with Crippen LogP contribution in [0.15, 0.2) is 30.3 Å². The summed E-state index contributed by atoms with van der Waals surface area (Å²) in [4.78, 5) is 12.7. The van der Waals surface area contributed by atoms with Crippen LogP contribution in [0.3, 0.4) is 0 Å². The largest absolute Gasteiger partial charge is 0.507 e. The molecule has 0 aliphatic carbocycles. The Kier molecular flexibility index (Phi) is 6.89. The molecule has 0 saturated carbocycles. The van der Waals surface area contributed by atoms with Crippen LogP contribution in [0.2, 0.25) is 0 Å². The summed E-state index contributed by atoms with van der Waals surface area (Å²) in [5.74, 6) is 0.801. The number of ether oxygens (including phenoxy) is 3. The van der Waals surface area contributed by atoms with Crippen molar-refractivity contribution in [1.29, 1.82) is 0 Å². The fourth-order valence-electron chi connectivity index (χ4n) is 2.88. The fraction of sp³-hybridized carbons (Fsp3) is 0.381. The monoisotopic (exact) mass is 358 g/mol. The number of aryl methyl sites for hydroxylation is 2. The molecule has 0 radical (unpaired) electrons. The predicted octanol–water partition coefficient (Wildman–Crippen LogP) is 4.53. The maximum absolute atomic E-state index is 12.7. The van der Waals surface area contributed by atoms with Gasteiger partial charge in [0.1, 0.15) is 28.6 Å². The summed E-state index contributed by atoms with van der Waals surface area (Å²) in [6.45, 7) is 4.09. The van der Waals surface area contributed by atoms with Crippen LogP contribution in [0.5, 0.6) is 23.0 Å². The first-order valence-electron chi connectivity index (χ1n) is 8.82. The molecule has 0 atom stereocenters. The highest BCUT2D eigenvalue weighted by Crippen LogP contribution is 2.31. The predicted molar refractivity (Wildman–Crippen MR) is 101 cm³/mol. The lowest BCUT2D eigenvalue weighted by molar-refractivity contribution is 0.0730. The molecule has 2 aromatic rings. The number of esters is 1. The van der Waals surface area contributed by atoms with Gasteiger partial charge in [-0.15, -0.1) is 0 Å². The van der Waals surface area contributed by atoms with E-state index in [0.29, 0.717) is 29.2 Å². The van der Waals surface area contributed by atoms with Gasteiger partial charge in [0.15, 0.2) is 0 Å². The van der Waals surface area contributed by atoms with Gasteiger partial charge in [-0.1, -0.05) is 26.7 Å². The van der Waals surface area contributed by atoms with Gasteiger partial charge in [0.2, 0.25) is 0 Å². The van der Waals surface area contributed by atoms with Crippen molar-refractivity contribution in [2.45, 2.75) is 39.5 Å². The van der Waals surface area contributed by atoms with Crippen LogP contribution in [0.4, 0.5) is 0 Å². The molecule has 5 nitrogen and oxygen atoms in total. The first-order chi connectivity index (χ1) is 12.5. The Hall–Kier alpha value is -2.69. The maximum Gasteiger partial charge on any atom is 0.347 e. The molecule has 0 bridgehead atoms. The number of carbonyl (C=O) groups is 1. The van der Waals surface area contributed by atoms with Crippen LogP contribution in [0, 0.1) is 0 Å². The summed E-state index contributed by atoms with van der Waals surface area (Å²) in [5.41, 5.74) is 1.90. The number of carbonyl (C=O) groups excluding carboxylic acids is 1. The normalized spacial score (nSPS) is 10.5. The summed E-state index contributed by atoms with van der Waals surface area (Å²) in [5, 5.41) is 10.3. The number of methoxy groups -OCH3 is 2. The molecule has 2 rings (SSSR count). The summed E-state index contributed by atoms with van der Waals surface area (Å²) in [6.07, 6.45) is 3.29. The quantitative estimate of drug-likeness (QED) is 0.555. The number of phenols is 1. The molecule has 2 aromatic carbocycles. The van der Waals surface area contributed by atoms with Crippen molar-refractivity contribution in [3.8, 4) is 23.0 Å². The average Bonchev–Trinajstić information content (AvgIpc) is 2.61.